The molecule has 0 radical (unpaired) electrons. The number of rotatable bonds is 7. The monoisotopic (exact) mass is 506 g/mol. The van der Waals surface area contributed by atoms with E-state index in [9.17, 15) is 55.5 Å². The predicted molar refractivity (Wildman–Crippen MR) is 100 cm³/mol. The maximum absolute atomic E-state index is 13.2. The fourth-order valence-electron chi connectivity index (χ4n) is 4.00. The van der Waals surface area contributed by atoms with Crippen LogP contribution in [0, 0.1) is 0 Å². The largest absolute Gasteiger partial charge is 0.394 e. The second-order valence-corrected chi connectivity index (χ2v) is 8.31. The highest BCUT2D eigenvalue weighted by atomic mass is 19.1. The van der Waals surface area contributed by atoms with Gasteiger partial charge in [-0.15, -0.1) is 0 Å². The number of halogens is 1. The van der Waals surface area contributed by atoms with Gasteiger partial charge < -0.3 is 74.7 Å². The standard InChI is InChI=1S/C18H31FO15/c19-1-4-9(24)14(13(28)16(29)30-4)33-18-15(11(26)8(23)6(3-21)32-18)34-17-12(27)10(25)7(22)5(2-20)31-17/h4-18,20-29H,1-3H2/t4-,5-,6-,7-,8-,9-,10+,11+,12+,13+,14+,15+,16+,17-,18-/m1/s1. The van der Waals surface area contributed by atoms with E-state index in [0.717, 1.165) is 0 Å². The fourth-order valence-corrected chi connectivity index (χ4v) is 4.00. The van der Waals surface area contributed by atoms with E-state index in [1.54, 1.807) is 0 Å². The Bertz CT molecular complexity index is 644. The van der Waals surface area contributed by atoms with Crippen LogP contribution < -0.4 is 0 Å². The molecule has 200 valence electrons. The Morgan fingerprint density at radius 1 is 0.529 bits per heavy atom. The van der Waals surface area contributed by atoms with Gasteiger partial charge in [-0.05, 0) is 0 Å². The number of aliphatic hydroxyl groups is 10. The first-order valence-corrected chi connectivity index (χ1v) is 10.5. The molecule has 3 aliphatic rings. The summed E-state index contributed by atoms with van der Waals surface area (Å²) in [6, 6.07) is 0. The maximum atomic E-state index is 13.2. The summed E-state index contributed by atoms with van der Waals surface area (Å²) in [5.41, 5.74) is 0. The molecule has 0 bridgehead atoms. The summed E-state index contributed by atoms with van der Waals surface area (Å²) < 4.78 is 39.4. The lowest BCUT2D eigenvalue weighted by molar-refractivity contribution is -0.387. The smallest absolute Gasteiger partial charge is 0.187 e. The number of ether oxygens (including phenoxy) is 5. The third-order valence-electron chi connectivity index (χ3n) is 6.07. The van der Waals surface area contributed by atoms with Crippen LogP contribution in [-0.4, -0.2) is 163 Å². The third-order valence-corrected chi connectivity index (χ3v) is 6.07. The van der Waals surface area contributed by atoms with Gasteiger partial charge in [-0.25, -0.2) is 4.39 Å². The zero-order valence-corrected chi connectivity index (χ0v) is 17.7. The summed E-state index contributed by atoms with van der Waals surface area (Å²) in [6.07, 6.45) is -26.5. The molecule has 0 saturated carbocycles. The zero-order valence-electron chi connectivity index (χ0n) is 17.7. The van der Waals surface area contributed by atoms with Crippen LogP contribution in [0.2, 0.25) is 0 Å². The van der Waals surface area contributed by atoms with E-state index >= 15 is 0 Å². The molecule has 34 heavy (non-hydrogen) atoms. The highest BCUT2D eigenvalue weighted by Crippen LogP contribution is 2.32. The first kappa shape index (κ1) is 27.9. The van der Waals surface area contributed by atoms with E-state index < -0.39 is 112 Å². The van der Waals surface area contributed by atoms with E-state index in [-0.39, 0.29) is 0 Å². The molecule has 15 atom stereocenters. The average Bonchev–Trinajstić information content (AvgIpc) is 2.83. The molecular weight excluding hydrogens is 475 g/mol. The molecule has 0 unspecified atom stereocenters. The summed E-state index contributed by atoms with van der Waals surface area (Å²) >= 11 is 0. The highest BCUT2D eigenvalue weighted by molar-refractivity contribution is 4.96. The Morgan fingerprint density at radius 2 is 1.06 bits per heavy atom. The average molecular weight is 506 g/mol. The van der Waals surface area contributed by atoms with E-state index in [4.69, 9.17) is 23.7 Å². The zero-order chi connectivity index (χ0) is 25.3. The van der Waals surface area contributed by atoms with Crippen LogP contribution in [0.5, 0.6) is 0 Å². The predicted octanol–water partition coefficient (Wildman–Crippen LogP) is -6.60. The molecule has 16 heteroatoms. The topological polar surface area (TPSA) is 248 Å². The lowest BCUT2D eigenvalue weighted by Gasteiger charge is -2.48. The quantitative estimate of drug-likeness (QED) is 0.154. The Kier molecular flexibility index (Phi) is 9.51. The molecule has 0 amide bonds. The Hall–Kier alpha value is -0.670. The van der Waals surface area contributed by atoms with Crippen molar-refractivity contribution in [3.8, 4) is 0 Å². The van der Waals surface area contributed by atoms with Gasteiger partial charge in [-0.3, -0.25) is 0 Å². The van der Waals surface area contributed by atoms with Crippen LogP contribution in [0.3, 0.4) is 0 Å². The lowest BCUT2D eigenvalue weighted by Crippen LogP contribution is -2.66. The molecule has 3 fully saturated rings. The minimum Gasteiger partial charge on any atom is -0.394 e. The summed E-state index contributed by atoms with van der Waals surface area (Å²) in [7, 11) is 0. The molecule has 3 aliphatic heterocycles. The van der Waals surface area contributed by atoms with Crippen molar-refractivity contribution in [3.63, 3.8) is 0 Å². The van der Waals surface area contributed by atoms with Gasteiger partial charge in [0.15, 0.2) is 18.9 Å². The summed E-state index contributed by atoms with van der Waals surface area (Å²) in [4.78, 5) is 0. The van der Waals surface area contributed by atoms with E-state index in [1.165, 1.54) is 0 Å². The van der Waals surface area contributed by atoms with Gasteiger partial charge in [0.1, 0.15) is 79.9 Å². The van der Waals surface area contributed by atoms with Gasteiger partial charge in [0, 0.05) is 0 Å². The van der Waals surface area contributed by atoms with Gasteiger partial charge in [-0.2, -0.15) is 0 Å². The highest BCUT2D eigenvalue weighted by Gasteiger charge is 2.53. The minimum absolute atomic E-state index is 0.785. The Morgan fingerprint density at radius 3 is 1.62 bits per heavy atom. The molecule has 0 aromatic rings. The number of hydrogen-bond acceptors (Lipinski definition) is 15. The van der Waals surface area contributed by atoms with E-state index in [1.807, 2.05) is 0 Å². The van der Waals surface area contributed by atoms with Gasteiger partial charge in [0.2, 0.25) is 0 Å². The van der Waals surface area contributed by atoms with Gasteiger partial charge in [0.25, 0.3) is 0 Å². The van der Waals surface area contributed by atoms with Crippen LogP contribution in [0.1, 0.15) is 0 Å². The summed E-state index contributed by atoms with van der Waals surface area (Å²) in [6.45, 7) is -2.87. The van der Waals surface area contributed by atoms with Crippen molar-refractivity contribution in [1.82, 2.24) is 0 Å². The normalized spacial score (nSPS) is 52.5. The number of aliphatic hydroxyl groups excluding tert-OH is 10. The van der Waals surface area contributed by atoms with Crippen molar-refractivity contribution in [3.05, 3.63) is 0 Å². The van der Waals surface area contributed by atoms with Crippen molar-refractivity contribution in [1.29, 1.82) is 0 Å². The molecule has 15 nitrogen and oxygen atoms in total. The molecular formula is C18H31FO15. The maximum Gasteiger partial charge on any atom is 0.187 e. The SMILES string of the molecule is OC[C@H]1O[C@H](O[C@@H]2[C@@H](O[C@@H]3[C@H](O)[C@@H](O)O[C@H](CF)[C@H]3O)O[C@H](CO)[C@@H](O)[C@@H]2O)[C@@H](O)[C@@H](O)[C@@H]1O. The lowest BCUT2D eigenvalue weighted by atomic mass is 9.96. The molecule has 10 N–H and O–H groups in total. The first-order chi connectivity index (χ1) is 16.0. The molecule has 0 aliphatic carbocycles. The van der Waals surface area contributed by atoms with E-state index in [0.29, 0.717) is 0 Å². The van der Waals surface area contributed by atoms with Crippen molar-refractivity contribution < 1.29 is 79.1 Å². The van der Waals surface area contributed by atoms with Gasteiger partial charge in [-0.1, -0.05) is 0 Å². The van der Waals surface area contributed by atoms with Crippen LogP contribution in [0.15, 0.2) is 0 Å². The third kappa shape index (κ3) is 5.36. The molecule has 3 saturated heterocycles. The molecule has 3 rings (SSSR count). The van der Waals surface area contributed by atoms with Crippen LogP contribution >= 0.6 is 0 Å². The molecule has 3 heterocycles. The molecule has 0 aromatic heterocycles. The second kappa shape index (κ2) is 11.6. The Labute approximate surface area is 192 Å². The molecule has 0 spiro atoms. The summed E-state index contributed by atoms with van der Waals surface area (Å²) in [5.74, 6) is 0. The first-order valence-electron chi connectivity index (χ1n) is 10.5. The van der Waals surface area contributed by atoms with Gasteiger partial charge in [0.05, 0.1) is 13.2 Å². The second-order valence-electron chi connectivity index (χ2n) is 8.31. The minimum atomic E-state index is -1.97. The fraction of sp³-hybridized carbons (Fsp3) is 1.00. The molecule has 0 aromatic carbocycles. The van der Waals surface area contributed by atoms with Gasteiger partial charge >= 0.3 is 0 Å². The van der Waals surface area contributed by atoms with Crippen molar-refractivity contribution in [2.75, 3.05) is 19.9 Å². The van der Waals surface area contributed by atoms with Crippen LogP contribution in [0.4, 0.5) is 4.39 Å². The van der Waals surface area contributed by atoms with Crippen molar-refractivity contribution in [2.45, 2.75) is 92.1 Å². The van der Waals surface area contributed by atoms with Crippen LogP contribution in [0.25, 0.3) is 0 Å². The van der Waals surface area contributed by atoms with Crippen molar-refractivity contribution in [2.24, 2.45) is 0 Å². The van der Waals surface area contributed by atoms with E-state index in [2.05, 4.69) is 0 Å². The van der Waals surface area contributed by atoms with Crippen LogP contribution in [-0.2, 0) is 23.7 Å². The summed E-state index contributed by atoms with van der Waals surface area (Å²) in [5, 5.41) is 99.9. The number of hydrogen-bond donors (Lipinski definition) is 10. The number of alkyl halides is 1. The Balaban J connectivity index is 1.84. The van der Waals surface area contributed by atoms with Crippen molar-refractivity contribution >= 4 is 0 Å².